The topological polar surface area (TPSA) is 12.0 Å². The zero-order valence-corrected chi connectivity index (χ0v) is 14.0. The smallest absolute Gasteiger partial charge is 0.0377 e. The molecule has 2 rings (SSSR count). The second kappa shape index (κ2) is 6.41. The van der Waals surface area contributed by atoms with E-state index in [4.69, 9.17) is 0 Å². The molecule has 0 spiro atoms. The summed E-state index contributed by atoms with van der Waals surface area (Å²) in [7, 11) is 0. The molecule has 1 fully saturated rings. The highest BCUT2D eigenvalue weighted by Gasteiger charge is 2.23. The maximum atomic E-state index is 3.76. The molecular weight excluding hydrogens is 298 g/mol. The monoisotopic (exact) mass is 323 g/mol. The number of nitrogens with one attached hydrogen (secondary N) is 1. The zero-order chi connectivity index (χ0) is 13.9. The van der Waals surface area contributed by atoms with Crippen LogP contribution in [0.1, 0.15) is 52.0 Å². The van der Waals surface area contributed by atoms with Crippen molar-refractivity contribution in [2.45, 2.75) is 52.0 Å². The quantitative estimate of drug-likeness (QED) is 0.812. The first-order valence-electron chi connectivity index (χ1n) is 7.48. The molecule has 0 aromatic heterocycles. The molecular formula is C17H26BrN. The van der Waals surface area contributed by atoms with Crippen LogP contribution < -0.4 is 5.32 Å². The maximum absolute atomic E-state index is 3.76. The van der Waals surface area contributed by atoms with E-state index in [9.17, 15) is 0 Å². The molecule has 0 radical (unpaired) electrons. The van der Waals surface area contributed by atoms with E-state index >= 15 is 0 Å². The summed E-state index contributed by atoms with van der Waals surface area (Å²) in [5, 5.41) is 3.76. The Kier molecular flexibility index (Phi) is 5.08. The molecule has 0 aliphatic heterocycles. The second-order valence-corrected chi connectivity index (χ2v) is 7.55. The second-order valence-electron chi connectivity index (χ2n) is 6.64. The Bertz CT molecular complexity index is 388. The van der Waals surface area contributed by atoms with Gasteiger partial charge in [0.05, 0.1) is 0 Å². The minimum Gasteiger partial charge on any atom is -0.308 e. The molecule has 0 saturated heterocycles. The lowest BCUT2D eigenvalue weighted by atomic mass is 9.82. The van der Waals surface area contributed by atoms with E-state index in [0.29, 0.717) is 0 Å². The van der Waals surface area contributed by atoms with E-state index < -0.39 is 0 Å². The van der Waals surface area contributed by atoms with Crippen LogP contribution in [0.2, 0.25) is 0 Å². The molecule has 2 heteroatoms. The molecule has 1 aliphatic rings. The highest BCUT2D eigenvalue weighted by atomic mass is 79.9. The van der Waals surface area contributed by atoms with Gasteiger partial charge in [-0.15, -0.1) is 0 Å². The standard InChI is InChI=1S/C17H26BrN/c1-13-4-6-14(7-5-13)12-19-17(2,3)15-8-10-16(18)11-9-15/h8-11,13-14,19H,4-7,12H2,1-3H3. The summed E-state index contributed by atoms with van der Waals surface area (Å²) < 4.78 is 1.15. The predicted molar refractivity (Wildman–Crippen MR) is 86.3 cm³/mol. The Morgan fingerprint density at radius 2 is 1.68 bits per heavy atom. The highest BCUT2D eigenvalue weighted by Crippen LogP contribution is 2.29. The molecule has 19 heavy (non-hydrogen) atoms. The number of hydrogen-bond acceptors (Lipinski definition) is 1. The van der Waals surface area contributed by atoms with E-state index in [1.165, 1.54) is 31.2 Å². The van der Waals surface area contributed by atoms with Crippen molar-refractivity contribution in [3.05, 3.63) is 34.3 Å². The van der Waals surface area contributed by atoms with E-state index in [1.54, 1.807) is 0 Å². The summed E-state index contributed by atoms with van der Waals surface area (Å²) in [6.45, 7) is 8.09. The molecule has 1 aliphatic carbocycles. The molecule has 0 bridgehead atoms. The van der Waals surface area contributed by atoms with Gasteiger partial charge in [-0.3, -0.25) is 0 Å². The summed E-state index contributed by atoms with van der Waals surface area (Å²) >= 11 is 3.50. The van der Waals surface area contributed by atoms with Gasteiger partial charge in [-0.05, 0) is 62.8 Å². The van der Waals surface area contributed by atoms with Gasteiger partial charge in [0.15, 0.2) is 0 Å². The fourth-order valence-corrected chi connectivity index (χ4v) is 3.17. The first-order chi connectivity index (χ1) is 8.97. The summed E-state index contributed by atoms with van der Waals surface area (Å²) in [5.74, 6) is 1.81. The van der Waals surface area contributed by atoms with Crippen molar-refractivity contribution in [3.8, 4) is 0 Å². The third-order valence-corrected chi connectivity index (χ3v) is 5.06. The van der Waals surface area contributed by atoms with Crippen molar-refractivity contribution < 1.29 is 0 Å². The van der Waals surface area contributed by atoms with Crippen LogP contribution in [-0.2, 0) is 5.54 Å². The summed E-state index contributed by atoms with van der Waals surface area (Å²) in [4.78, 5) is 0. The fourth-order valence-electron chi connectivity index (χ4n) is 2.90. The minimum atomic E-state index is 0.0593. The Morgan fingerprint density at radius 3 is 2.26 bits per heavy atom. The van der Waals surface area contributed by atoms with Crippen LogP contribution in [0.3, 0.4) is 0 Å². The molecule has 1 aromatic rings. The number of hydrogen-bond donors (Lipinski definition) is 1. The Hall–Kier alpha value is -0.340. The lowest BCUT2D eigenvalue weighted by Crippen LogP contribution is -2.40. The van der Waals surface area contributed by atoms with Gasteiger partial charge in [-0.1, -0.05) is 47.8 Å². The van der Waals surface area contributed by atoms with Crippen molar-refractivity contribution in [1.29, 1.82) is 0 Å². The van der Waals surface area contributed by atoms with Crippen molar-refractivity contribution in [2.75, 3.05) is 6.54 Å². The first kappa shape index (κ1) is 15.1. The predicted octanol–water partition coefficient (Wildman–Crippen LogP) is 5.10. The molecule has 0 unspecified atom stereocenters. The fraction of sp³-hybridized carbons (Fsp3) is 0.647. The number of halogens is 1. The Labute approximate surface area is 126 Å². The third-order valence-electron chi connectivity index (χ3n) is 4.53. The molecule has 0 amide bonds. The lowest BCUT2D eigenvalue weighted by Gasteiger charge is -2.32. The molecule has 1 saturated carbocycles. The Balaban J connectivity index is 1.88. The van der Waals surface area contributed by atoms with Gasteiger partial charge in [0.1, 0.15) is 0 Å². The van der Waals surface area contributed by atoms with Crippen LogP contribution in [0, 0.1) is 11.8 Å². The average Bonchev–Trinajstić information content (AvgIpc) is 2.39. The molecule has 0 heterocycles. The van der Waals surface area contributed by atoms with Crippen LogP contribution >= 0.6 is 15.9 Å². The highest BCUT2D eigenvalue weighted by molar-refractivity contribution is 9.10. The summed E-state index contributed by atoms with van der Waals surface area (Å²) in [6.07, 6.45) is 5.60. The van der Waals surface area contributed by atoms with Gasteiger partial charge in [0, 0.05) is 10.0 Å². The molecule has 0 atom stereocenters. The zero-order valence-electron chi connectivity index (χ0n) is 12.4. The van der Waals surface area contributed by atoms with E-state index in [0.717, 1.165) is 22.9 Å². The average molecular weight is 324 g/mol. The van der Waals surface area contributed by atoms with Gasteiger partial charge < -0.3 is 5.32 Å². The molecule has 1 aromatic carbocycles. The minimum absolute atomic E-state index is 0.0593. The summed E-state index contributed by atoms with van der Waals surface area (Å²) in [5.41, 5.74) is 1.42. The van der Waals surface area contributed by atoms with Crippen LogP contribution in [0.4, 0.5) is 0 Å². The van der Waals surface area contributed by atoms with Crippen LogP contribution in [0.5, 0.6) is 0 Å². The first-order valence-corrected chi connectivity index (χ1v) is 8.28. The van der Waals surface area contributed by atoms with Crippen LogP contribution in [0.15, 0.2) is 28.7 Å². The van der Waals surface area contributed by atoms with Gasteiger partial charge in [-0.25, -0.2) is 0 Å². The molecule has 106 valence electrons. The SMILES string of the molecule is CC1CCC(CNC(C)(C)c2ccc(Br)cc2)CC1. The van der Waals surface area contributed by atoms with Gasteiger partial charge in [0.2, 0.25) is 0 Å². The largest absolute Gasteiger partial charge is 0.308 e. The van der Waals surface area contributed by atoms with E-state index in [2.05, 4.69) is 66.3 Å². The van der Waals surface area contributed by atoms with Gasteiger partial charge >= 0.3 is 0 Å². The van der Waals surface area contributed by atoms with Crippen molar-refractivity contribution >= 4 is 15.9 Å². The molecule has 1 N–H and O–H groups in total. The van der Waals surface area contributed by atoms with Crippen LogP contribution in [-0.4, -0.2) is 6.54 Å². The van der Waals surface area contributed by atoms with Crippen LogP contribution in [0.25, 0.3) is 0 Å². The van der Waals surface area contributed by atoms with E-state index in [1.807, 2.05) is 0 Å². The molecule has 1 nitrogen and oxygen atoms in total. The van der Waals surface area contributed by atoms with Crippen molar-refractivity contribution in [3.63, 3.8) is 0 Å². The number of rotatable bonds is 4. The lowest BCUT2D eigenvalue weighted by molar-refractivity contribution is 0.257. The van der Waals surface area contributed by atoms with E-state index in [-0.39, 0.29) is 5.54 Å². The number of benzene rings is 1. The summed E-state index contributed by atoms with van der Waals surface area (Å²) in [6, 6.07) is 8.67. The third kappa shape index (κ3) is 4.32. The normalized spacial score (nSPS) is 24.4. The van der Waals surface area contributed by atoms with Crippen molar-refractivity contribution in [1.82, 2.24) is 5.32 Å². The maximum Gasteiger partial charge on any atom is 0.0377 e. The Morgan fingerprint density at radius 1 is 1.11 bits per heavy atom. The van der Waals surface area contributed by atoms with Crippen molar-refractivity contribution in [2.24, 2.45) is 11.8 Å². The van der Waals surface area contributed by atoms with Gasteiger partial charge in [-0.2, -0.15) is 0 Å². The van der Waals surface area contributed by atoms with Gasteiger partial charge in [0.25, 0.3) is 0 Å².